The molecule has 0 bridgehead atoms. The molecule has 0 saturated carbocycles. The average molecular weight is 342 g/mol. The summed E-state index contributed by atoms with van der Waals surface area (Å²) in [5.74, 6) is 1.73. The minimum absolute atomic E-state index is 0.621. The summed E-state index contributed by atoms with van der Waals surface area (Å²) < 4.78 is 5.57. The SMILES string of the molecule is COc1cccc2c(N(C)C)ncc(NCc3ccccc3Cl)c12. The number of nitrogens with one attached hydrogen (secondary N) is 1. The van der Waals surface area contributed by atoms with Gasteiger partial charge in [-0.25, -0.2) is 4.98 Å². The molecule has 0 atom stereocenters. The molecule has 0 aliphatic carbocycles. The van der Waals surface area contributed by atoms with E-state index in [1.54, 1.807) is 7.11 Å². The minimum Gasteiger partial charge on any atom is -0.496 e. The van der Waals surface area contributed by atoms with E-state index in [1.807, 2.05) is 61.6 Å². The lowest BCUT2D eigenvalue weighted by Gasteiger charge is -2.18. The van der Waals surface area contributed by atoms with Gasteiger partial charge in [0.1, 0.15) is 11.6 Å². The first-order valence-corrected chi connectivity index (χ1v) is 8.10. The number of fused-ring (bicyclic) bond motifs is 1. The third-order valence-corrected chi connectivity index (χ3v) is 4.29. The van der Waals surface area contributed by atoms with E-state index in [-0.39, 0.29) is 0 Å². The Kier molecular flexibility index (Phi) is 4.76. The zero-order valence-corrected chi connectivity index (χ0v) is 14.8. The fourth-order valence-corrected chi connectivity index (χ4v) is 2.95. The summed E-state index contributed by atoms with van der Waals surface area (Å²) >= 11 is 6.25. The third-order valence-electron chi connectivity index (χ3n) is 3.92. The molecule has 0 aliphatic rings. The van der Waals surface area contributed by atoms with E-state index in [0.29, 0.717) is 6.54 Å². The van der Waals surface area contributed by atoms with Crippen LogP contribution in [0.15, 0.2) is 48.7 Å². The highest BCUT2D eigenvalue weighted by Crippen LogP contribution is 2.36. The molecule has 24 heavy (non-hydrogen) atoms. The average Bonchev–Trinajstić information content (AvgIpc) is 2.59. The van der Waals surface area contributed by atoms with Crippen LogP contribution in [-0.4, -0.2) is 26.2 Å². The number of pyridine rings is 1. The molecule has 0 amide bonds. The molecule has 2 aromatic carbocycles. The van der Waals surface area contributed by atoms with Crippen molar-refractivity contribution in [2.45, 2.75) is 6.54 Å². The highest BCUT2D eigenvalue weighted by Gasteiger charge is 2.13. The summed E-state index contributed by atoms with van der Waals surface area (Å²) in [7, 11) is 5.65. The van der Waals surface area contributed by atoms with Gasteiger partial charge >= 0.3 is 0 Å². The summed E-state index contributed by atoms with van der Waals surface area (Å²) in [4.78, 5) is 6.59. The van der Waals surface area contributed by atoms with Crippen molar-refractivity contribution in [1.82, 2.24) is 4.98 Å². The van der Waals surface area contributed by atoms with Crippen LogP contribution in [0.1, 0.15) is 5.56 Å². The molecule has 1 N–H and O–H groups in total. The highest BCUT2D eigenvalue weighted by atomic mass is 35.5. The van der Waals surface area contributed by atoms with Crippen molar-refractivity contribution < 1.29 is 4.74 Å². The number of halogens is 1. The molecule has 1 aromatic heterocycles. The van der Waals surface area contributed by atoms with Gasteiger partial charge in [-0.05, 0) is 17.7 Å². The zero-order chi connectivity index (χ0) is 17.1. The van der Waals surface area contributed by atoms with Crippen molar-refractivity contribution in [2.24, 2.45) is 0 Å². The van der Waals surface area contributed by atoms with Gasteiger partial charge in [-0.3, -0.25) is 0 Å². The van der Waals surface area contributed by atoms with Gasteiger partial charge in [-0.1, -0.05) is 41.9 Å². The quantitative estimate of drug-likeness (QED) is 0.737. The Bertz CT molecular complexity index is 864. The third kappa shape index (κ3) is 3.10. The molecule has 1 heterocycles. The van der Waals surface area contributed by atoms with Gasteiger partial charge in [0.2, 0.25) is 0 Å². The molecule has 3 aromatic rings. The van der Waals surface area contributed by atoms with Crippen LogP contribution in [-0.2, 0) is 6.54 Å². The van der Waals surface area contributed by atoms with E-state index in [2.05, 4.69) is 16.4 Å². The lowest BCUT2D eigenvalue weighted by molar-refractivity contribution is 0.420. The van der Waals surface area contributed by atoms with E-state index >= 15 is 0 Å². The van der Waals surface area contributed by atoms with E-state index in [0.717, 1.165) is 38.6 Å². The predicted octanol–water partition coefficient (Wildman–Crippen LogP) is 4.57. The van der Waals surface area contributed by atoms with Crippen LogP contribution in [0, 0.1) is 0 Å². The van der Waals surface area contributed by atoms with Crippen molar-refractivity contribution in [2.75, 3.05) is 31.4 Å². The van der Waals surface area contributed by atoms with Gasteiger partial charge < -0.3 is 15.0 Å². The Morgan fingerprint density at radius 1 is 1.12 bits per heavy atom. The molecule has 0 radical (unpaired) electrons. The van der Waals surface area contributed by atoms with Crippen LogP contribution >= 0.6 is 11.6 Å². The standard InChI is InChI=1S/C19H20ClN3O/c1-23(2)19-14-8-6-10-17(24-3)18(14)16(12-22-19)21-11-13-7-4-5-9-15(13)20/h4-10,12,21H,11H2,1-3H3. The fourth-order valence-electron chi connectivity index (χ4n) is 2.75. The number of rotatable bonds is 5. The van der Waals surface area contributed by atoms with Crippen molar-refractivity contribution in [3.63, 3.8) is 0 Å². The van der Waals surface area contributed by atoms with Crippen molar-refractivity contribution in [1.29, 1.82) is 0 Å². The maximum atomic E-state index is 6.25. The van der Waals surface area contributed by atoms with Gasteiger partial charge in [-0.15, -0.1) is 0 Å². The molecule has 0 aliphatic heterocycles. The van der Waals surface area contributed by atoms with E-state index < -0.39 is 0 Å². The molecule has 124 valence electrons. The number of hydrogen-bond acceptors (Lipinski definition) is 4. The number of benzene rings is 2. The Labute approximate surface area is 147 Å². The molecule has 0 spiro atoms. The zero-order valence-electron chi connectivity index (χ0n) is 14.0. The Morgan fingerprint density at radius 2 is 1.92 bits per heavy atom. The molecule has 0 saturated heterocycles. The van der Waals surface area contributed by atoms with E-state index in [1.165, 1.54) is 0 Å². The second-order valence-corrected chi connectivity index (χ2v) is 6.12. The highest BCUT2D eigenvalue weighted by molar-refractivity contribution is 6.31. The number of hydrogen-bond donors (Lipinski definition) is 1. The van der Waals surface area contributed by atoms with Gasteiger partial charge in [-0.2, -0.15) is 0 Å². The van der Waals surface area contributed by atoms with Gasteiger partial charge in [0.05, 0.1) is 24.4 Å². The topological polar surface area (TPSA) is 37.4 Å². The molecule has 0 fully saturated rings. The van der Waals surface area contributed by atoms with Crippen LogP contribution in [0.4, 0.5) is 11.5 Å². The van der Waals surface area contributed by atoms with E-state index in [4.69, 9.17) is 16.3 Å². The van der Waals surface area contributed by atoms with Crippen molar-refractivity contribution in [3.05, 3.63) is 59.2 Å². The number of ether oxygens (including phenoxy) is 1. The maximum Gasteiger partial charge on any atom is 0.136 e. The summed E-state index contributed by atoms with van der Waals surface area (Å²) in [5.41, 5.74) is 1.96. The van der Waals surface area contributed by atoms with Crippen LogP contribution in [0.5, 0.6) is 5.75 Å². The first-order valence-electron chi connectivity index (χ1n) is 7.72. The van der Waals surface area contributed by atoms with Crippen molar-refractivity contribution in [3.8, 4) is 5.75 Å². The maximum absolute atomic E-state index is 6.25. The van der Waals surface area contributed by atoms with Gasteiger partial charge in [0.15, 0.2) is 0 Å². The number of methoxy groups -OCH3 is 1. The van der Waals surface area contributed by atoms with Crippen LogP contribution in [0.3, 0.4) is 0 Å². The minimum atomic E-state index is 0.621. The van der Waals surface area contributed by atoms with Crippen LogP contribution in [0.25, 0.3) is 10.8 Å². The smallest absolute Gasteiger partial charge is 0.136 e. The van der Waals surface area contributed by atoms with Crippen LogP contribution < -0.4 is 15.0 Å². The number of aromatic nitrogens is 1. The molecular formula is C19H20ClN3O. The van der Waals surface area contributed by atoms with Gasteiger partial charge in [0.25, 0.3) is 0 Å². The van der Waals surface area contributed by atoms with Crippen molar-refractivity contribution >= 4 is 33.9 Å². The second kappa shape index (κ2) is 6.97. The summed E-state index contributed by atoms with van der Waals surface area (Å²) in [5, 5.41) is 6.25. The molecule has 5 heteroatoms. The van der Waals surface area contributed by atoms with E-state index in [9.17, 15) is 0 Å². The summed E-state index contributed by atoms with van der Waals surface area (Å²) in [6.45, 7) is 0.621. The summed E-state index contributed by atoms with van der Waals surface area (Å²) in [6, 6.07) is 13.8. The molecular weight excluding hydrogens is 322 g/mol. The fraction of sp³-hybridized carbons (Fsp3) is 0.211. The monoisotopic (exact) mass is 341 g/mol. The second-order valence-electron chi connectivity index (χ2n) is 5.72. The lowest BCUT2D eigenvalue weighted by Crippen LogP contribution is -2.12. The normalized spacial score (nSPS) is 10.7. The van der Waals surface area contributed by atoms with Gasteiger partial charge in [0, 0.05) is 31.0 Å². The molecule has 4 nitrogen and oxygen atoms in total. The number of nitrogens with zero attached hydrogens (tertiary/aromatic N) is 2. The Hall–Kier alpha value is -2.46. The largest absolute Gasteiger partial charge is 0.496 e. The Balaban J connectivity index is 2.05. The predicted molar refractivity (Wildman–Crippen MR) is 101 cm³/mol. The first-order chi connectivity index (χ1) is 11.6. The summed E-state index contributed by atoms with van der Waals surface area (Å²) in [6.07, 6.45) is 1.84. The Morgan fingerprint density at radius 3 is 2.62 bits per heavy atom. The number of anilines is 2. The first kappa shape index (κ1) is 16.4. The van der Waals surface area contributed by atoms with Crippen LogP contribution in [0.2, 0.25) is 5.02 Å². The molecule has 3 rings (SSSR count). The lowest BCUT2D eigenvalue weighted by atomic mass is 10.1. The molecule has 0 unspecified atom stereocenters.